The van der Waals surface area contributed by atoms with E-state index in [4.69, 9.17) is 27.9 Å². The van der Waals surface area contributed by atoms with Crippen LogP contribution in [0.1, 0.15) is 17.5 Å². The number of amides is 2. The predicted octanol–water partition coefficient (Wildman–Crippen LogP) is 5.54. The summed E-state index contributed by atoms with van der Waals surface area (Å²) in [5.74, 6) is -2.12. The Kier molecular flexibility index (Phi) is 5.12. The van der Waals surface area contributed by atoms with Crippen LogP contribution < -0.4 is 9.64 Å². The molecule has 5 rings (SSSR count). The van der Waals surface area contributed by atoms with Crippen molar-refractivity contribution in [3.8, 4) is 5.75 Å². The Labute approximate surface area is 202 Å². The first-order valence-electron chi connectivity index (χ1n) is 9.73. The van der Waals surface area contributed by atoms with Crippen molar-refractivity contribution in [1.29, 1.82) is 0 Å². The van der Waals surface area contributed by atoms with E-state index in [1.807, 2.05) is 0 Å². The predicted molar refractivity (Wildman–Crippen MR) is 124 cm³/mol. The van der Waals surface area contributed by atoms with E-state index in [9.17, 15) is 14.4 Å². The van der Waals surface area contributed by atoms with E-state index in [-0.39, 0.29) is 6.42 Å². The molecular weight excluding hydrogens is 517 g/mol. The molecule has 1 fully saturated rings. The molecule has 3 aromatic carbocycles. The van der Waals surface area contributed by atoms with Crippen LogP contribution in [0, 0.1) is 5.92 Å². The van der Waals surface area contributed by atoms with Gasteiger partial charge in [0.2, 0.25) is 11.8 Å². The van der Waals surface area contributed by atoms with Gasteiger partial charge in [-0.15, -0.1) is 0 Å². The van der Waals surface area contributed by atoms with Crippen molar-refractivity contribution in [3.63, 3.8) is 0 Å². The van der Waals surface area contributed by atoms with Crippen molar-refractivity contribution >= 4 is 62.6 Å². The molecule has 0 bridgehead atoms. The summed E-state index contributed by atoms with van der Waals surface area (Å²) in [6.07, 6.45) is -0.148. The van der Waals surface area contributed by atoms with E-state index in [1.54, 1.807) is 66.7 Å². The number of carbonyl (C=O) groups is 3. The lowest BCUT2D eigenvalue weighted by Crippen LogP contribution is -2.46. The van der Waals surface area contributed by atoms with Gasteiger partial charge in [-0.2, -0.15) is 0 Å². The van der Waals surface area contributed by atoms with Gasteiger partial charge in [-0.25, -0.2) is 0 Å². The molecule has 3 aromatic rings. The van der Waals surface area contributed by atoms with Gasteiger partial charge < -0.3 is 4.74 Å². The quantitative estimate of drug-likeness (QED) is 0.253. The summed E-state index contributed by atoms with van der Waals surface area (Å²) < 4.78 is 6.26. The van der Waals surface area contributed by atoms with Crippen molar-refractivity contribution in [2.75, 3.05) is 4.90 Å². The maximum Gasteiger partial charge on any atom is 0.327 e. The molecule has 0 N–H and O–H groups in total. The van der Waals surface area contributed by atoms with Crippen LogP contribution in [0.15, 0.2) is 71.2 Å². The summed E-state index contributed by atoms with van der Waals surface area (Å²) in [6, 6.07) is 18.4. The van der Waals surface area contributed by atoms with Crippen molar-refractivity contribution in [2.45, 2.75) is 11.8 Å². The molecule has 0 aromatic heterocycles. The average molecular weight is 531 g/mol. The molecule has 0 aliphatic carbocycles. The second-order valence-electron chi connectivity index (χ2n) is 7.62. The highest BCUT2D eigenvalue weighted by Crippen LogP contribution is 2.54. The number of benzene rings is 3. The van der Waals surface area contributed by atoms with Crippen LogP contribution >= 0.6 is 39.1 Å². The Balaban J connectivity index is 1.71. The number of fused-ring (bicyclic) bond motifs is 1. The number of carbonyl (C=O) groups excluding carboxylic acids is 3. The zero-order chi connectivity index (χ0) is 22.6. The van der Waals surface area contributed by atoms with E-state index < -0.39 is 29.1 Å². The maximum atomic E-state index is 13.7. The first-order chi connectivity index (χ1) is 15.3. The smallest absolute Gasteiger partial charge is 0.327 e. The number of para-hydroxylation sites is 1. The lowest BCUT2D eigenvalue weighted by atomic mass is 9.66. The molecule has 8 heteroatoms. The number of imide groups is 1. The topological polar surface area (TPSA) is 63.7 Å². The van der Waals surface area contributed by atoms with Crippen LogP contribution in [0.3, 0.4) is 0 Å². The second-order valence-corrected chi connectivity index (χ2v) is 9.35. The zero-order valence-corrected chi connectivity index (χ0v) is 19.4. The third-order valence-electron chi connectivity index (χ3n) is 5.96. The number of halogens is 3. The summed E-state index contributed by atoms with van der Waals surface area (Å²) in [4.78, 5) is 41.4. The van der Waals surface area contributed by atoms with Crippen molar-refractivity contribution in [3.05, 3.63) is 92.4 Å². The van der Waals surface area contributed by atoms with Gasteiger partial charge >= 0.3 is 5.97 Å². The van der Waals surface area contributed by atoms with Gasteiger partial charge in [0.15, 0.2) is 0 Å². The van der Waals surface area contributed by atoms with Gasteiger partial charge in [-0.3, -0.25) is 19.3 Å². The van der Waals surface area contributed by atoms with E-state index in [0.29, 0.717) is 37.1 Å². The zero-order valence-electron chi connectivity index (χ0n) is 16.3. The van der Waals surface area contributed by atoms with E-state index in [2.05, 4.69) is 15.9 Å². The Morgan fingerprint density at radius 1 is 0.906 bits per heavy atom. The number of hydrogen-bond donors (Lipinski definition) is 0. The molecule has 2 amide bonds. The minimum atomic E-state index is -1.49. The van der Waals surface area contributed by atoms with E-state index in [0.717, 1.165) is 4.90 Å². The fourth-order valence-corrected chi connectivity index (χ4v) is 5.25. The number of esters is 1. The molecule has 5 nitrogen and oxygen atoms in total. The largest absolute Gasteiger partial charge is 0.424 e. The fourth-order valence-electron chi connectivity index (χ4n) is 4.56. The van der Waals surface area contributed by atoms with E-state index >= 15 is 0 Å². The van der Waals surface area contributed by atoms with Crippen molar-refractivity contribution < 1.29 is 19.1 Å². The molecule has 2 heterocycles. The van der Waals surface area contributed by atoms with Crippen molar-refractivity contribution in [1.82, 2.24) is 0 Å². The van der Waals surface area contributed by atoms with Crippen LogP contribution in [-0.2, 0) is 19.8 Å². The van der Waals surface area contributed by atoms with Crippen LogP contribution in [-0.4, -0.2) is 17.8 Å². The first kappa shape index (κ1) is 21.2. The van der Waals surface area contributed by atoms with Gasteiger partial charge in [0.05, 0.1) is 16.1 Å². The molecule has 160 valence electrons. The molecule has 2 atom stereocenters. The standard InChI is InChI=1S/C24H14BrCl2NO4/c25-19-3-1-2-17-21(19)32-23(31)24(17,13-4-6-14(26)7-5-13)18-12-20(29)28(22(18)30)16-10-8-15(27)9-11-16/h1-11,18H,12H2/t18-,24+/m1/s1. The summed E-state index contributed by atoms with van der Waals surface area (Å²) >= 11 is 15.5. The average Bonchev–Trinajstić information content (AvgIpc) is 3.24. The third kappa shape index (κ3) is 3.01. The molecule has 0 unspecified atom stereocenters. The molecule has 1 saturated heterocycles. The molecule has 0 spiro atoms. The van der Waals surface area contributed by atoms with Gasteiger partial charge in [0.25, 0.3) is 0 Å². The van der Waals surface area contributed by atoms with Crippen LogP contribution in [0.4, 0.5) is 5.69 Å². The molecule has 2 aliphatic heterocycles. The normalized spacial score (nSPS) is 22.3. The highest BCUT2D eigenvalue weighted by Gasteiger charge is 2.62. The van der Waals surface area contributed by atoms with E-state index in [1.165, 1.54) is 0 Å². The van der Waals surface area contributed by atoms with Gasteiger partial charge in [-0.1, -0.05) is 47.5 Å². The third-order valence-corrected chi connectivity index (χ3v) is 7.09. The fraction of sp³-hybridized carbons (Fsp3) is 0.125. The summed E-state index contributed by atoms with van der Waals surface area (Å²) in [6.45, 7) is 0. The maximum absolute atomic E-state index is 13.7. The summed E-state index contributed by atoms with van der Waals surface area (Å²) in [5, 5.41) is 0.974. The molecule has 2 aliphatic rings. The number of anilines is 1. The Morgan fingerprint density at radius 2 is 1.53 bits per heavy atom. The lowest BCUT2D eigenvalue weighted by molar-refractivity contribution is -0.141. The molecular formula is C24H14BrCl2NO4. The van der Waals surface area contributed by atoms with Crippen LogP contribution in [0.25, 0.3) is 0 Å². The monoisotopic (exact) mass is 529 g/mol. The Hall–Kier alpha value is -2.67. The second kappa shape index (κ2) is 7.73. The Bertz CT molecular complexity index is 1280. The van der Waals surface area contributed by atoms with Crippen LogP contribution in [0.5, 0.6) is 5.75 Å². The number of nitrogens with zero attached hydrogens (tertiary/aromatic N) is 1. The number of rotatable bonds is 3. The van der Waals surface area contributed by atoms with Gasteiger partial charge in [0.1, 0.15) is 11.2 Å². The number of ether oxygens (including phenoxy) is 1. The van der Waals surface area contributed by atoms with Gasteiger partial charge in [0, 0.05) is 22.0 Å². The first-order valence-corrected chi connectivity index (χ1v) is 11.3. The Morgan fingerprint density at radius 3 is 2.19 bits per heavy atom. The highest BCUT2D eigenvalue weighted by molar-refractivity contribution is 9.10. The SMILES string of the molecule is O=C1C[C@@H]([C@@]2(c3ccc(Cl)cc3)C(=O)Oc3c(Br)cccc32)C(=O)N1c1ccc(Cl)cc1. The van der Waals surface area contributed by atoms with Crippen molar-refractivity contribution in [2.24, 2.45) is 5.92 Å². The highest BCUT2D eigenvalue weighted by atomic mass is 79.9. The van der Waals surface area contributed by atoms with Crippen LogP contribution in [0.2, 0.25) is 10.0 Å². The van der Waals surface area contributed by atoms with Gasteiger partial charge in [-0.05, 0) is 64.0 Å². The molecule has 0 saturated carbocycles. The minimum Gasteiger partial charge on any atom is -0.424 e. The minimum absolute atomic E-state index is 0.148. The number of hydrogen-bond acceptors (Lipinski definition) is 4. The summed E-state index contributed by atoms with van der Waals surface area (Å²) in [5.41, 5.74) is -0.0207. The summed E-state index contributed by atoms with van der Waals surface area (Å²) in [7, 11) is 0. The lowest BCUT2D eigenvalue weighted by Gasteiger charge is -2.31. The molecule has 32 heavy (non-hydrogen) atoms. The molecule has 0 radical (unpaired) electrons.